The molecule has 1 aliphatic heterocycles. The average molecular weight is 380 g/mol. The number of fused-ring (bicyclic) bond motifs is 1. The summed E-state index contributed by atoms with van der Waals surface area (Å²) < 4.78 is 14.3. The molecule has 5 heteroatoms. The van der Waals surface area contributed by atoms with Crippen molar-refractivity contribution in [2.45, 2.75) is 5.54 Å². The first-order chi connectivity index (χ1) is 14.2. The molecule has 2 aromatic carbocycles. The van der Waals surface area contributed by atoms with E-state index in [9.17, 15) is 4.39 Å². The van der Waals surface area contributed by atoms with E-state index in [1.54, 1.807) is 24.7 Å². The van der Waals surface area contributed by atoms with Crippen LogP contribution in [0.2, 0.25) is 0 Å². The second-order valence-electron chi connectivity index (χ2n) is 6.96. The summed E-state index contributed by atoms with van der Waals surface area (Å²) in [6.07, 6.45) is 6.99. The zero-order chi connectivity index (χ0) is 19.8. The second-order valence-corrected chi connectivity index (χ2v) is 6.96. The van der Waals surface area contributed by atoms with E-state index in [2.05, 4.69) is 16.0 Å². The molecule has 5 rings (SSSR count). The van der Waals surface area contributed by atoms with E-state index < -0.39 is 5.54 Å². The summed E-state index contributed by atoms with van der Waals surface area (Å²) in [4.78, 5) is 13.2. The van der Waals surface area contributed by atoms with E-state index in [0.29, 0.717) is 5.84 Å². The number of aromatic nitrogens is 2. The van der Waals surface area contributed by atoms with Crippen molar-refractivity contribution < 1.29 is 4.39 Å². The smallest absolute Gasteiger partial charge is 0.139 e. The number of nitrogens with two attached hydrogens (primary N) is 1. The van der Waals surface area contributed by atoms with Crippen molar-refractivity contribution in [3.8, 4) is 11.1 Å². The minimum atomic E-state index is -0.942. The van der Waals surface area contributed by atoms with Crippen molar-refractivity contribution in [1.29, 1.82) is 0 Å². The molecule has 0 fully saturated rings. The van der Waals surface area contributed by atoms with Crippen LogP contribution in [-0.2, 0) is 5.54 Å². The fraction of sp³-hybridized carbons (Fsp3) is 0.0417. The molecule has 0 saturated carbocycles. The summed E-state index contributed by atoms with van der Waals surface area (Å²) in [7, 11) is 0. The fourth-order valence-electron chi connectivity index (χ4n) is 4.00. The first-order valence-corrected chi connectivity index (χ1v) is 9.26. The lowest BCUT2D eigenvalue weighted by atomic mass is 9.77. The van der Waals surface area contributed by atoms with Crippen LogP contribution in [0.15, 0.2) is 96.5 Å². The molecule has 0 saturated heterocycles. The Balaban J connectivity index is 1.81. The molecule has 4 aromatic rings. The van der Waals surface area contributed by atoms with Crippen molar-refractivity contribution in [2.24, 2.45) is 10.7 Å². The first-order valence-electron chi connectivity index (χ1n) is 9.26. The predicted octanol–water partition coefficient (Wildman–Crippen LogP) is 4.29. The van der Waals surface area contributed by atoms with Gasteiger partial charge in [0.2, 0.25) is 0 Å². The Morgan fingerprint density at radius 2 is 1.59 bits per heavy atom. The van der Waals surface area contributed by atoms with Crippen molar-refractivity contribution in [1.82, 2.24) is 9.97 Å². The number of halogens is 1. The Kier molecular flexibility index (Phi) is 3.95. The van der Waals surface area contributed by atoms with Gasteiger partial charge in [0.1, 0.15) is 17.2 Å². The minimum Gasteiger partial charge on any atom is -0.383 e. The van der Waals surface area contributed by atoms with E-state index in [4.69, 9.17) is 10.7 Å². The average Bonchev–Trinajstić information content (AvgIpc) is 3.08. The summed E-state index contributed by atoms with van der Waals surface area (Å²) in [5.41, 5.74) is 10.6. The number of nitrogens with zero attached hydrogens (tertiary/aromatic N) is 3. The van der Waals surface area contributed by atoms with Crippen LogP contribution in [-0.4, -0.2) is 15.8 Å². The third-order valence-electron chi connectivity index (χ3n) is 5.31. The SMILES string of the molecule is NC1=NC(c2ccncc2)(c2cccc(-c3cccnc3)c2)c2cc(F)ccc21. The van der Waals surface area contributed by atoms with E-state index in [1.165, 1.54) is 12.1 Å². The van der Waals surface area contributed by atoms with Gasteiger partial charge in [0.25, 0.3) is 0 Å². The molecule has 0 radical (unpaired) electrons. The summed E-state index contributed by atoms with van der Waals surface area (Å²) in [6, 6.07) is 20.4. The predicted molar refractivity (Wildman–Crippen MR) is 111 cm³/mol. The molecule has 0 bridgehead atoms. The van der Waals surface area contributed by atoms with Crippen LogP contribution >= 0.6 is 0 Å². The van der Waals surface area contributed by atoms with Crippen LogP contribution in [0.5, 0.6) is 0 Å². The summed E-state index contributed by atoms with van der Waals surface area (Å²) in [5, 5.41) is 0. The van der Waals surface area contributed by atoms with Crippen LogP contribution in [0, 0.1) is 5.82 Å². The zero-order valence-electron chi connectivity index (χ0n) is 15.5. The first kappa shape index (κ1) is 17.3. The summed E-state index contributed by atoms with van der Waals surface area (Å²) >= 11 is 0. The van der Waals surface area contributed by atoms with Gasteiger partial charge < -0.3 is 5.73 Å². The van der Waals surface area contributed by atoms with Gasteiger partial charge in [0, 0.05) is 35.9 Å². The number of hydrogen-bond acceptors (Lipinski definition) is 4. The van der Waals surface area contributed by atoms with Crippen LogP contribution < -0.4 is 5.73 Å². The molecule has 4 nitrogen and oxygen atoms in total. The second kappa shape index (κ2) is 6.63. The van der Waals surface area contributed by atoms with Crippen LogP contribution in [0.3, 0.4) is 0 Å². The summed E-state index contributed by atoms with van der Waals surface area (Å²) in [6.45, 7) is 0. The van der Waals surface area contributed by atoms with Gasteiger partial charge in [-0.1, -0.05) is 24.3 Å². The van der Waals surface area contributed by atoms with E-state index in [-0.39, 0.29) is 5.82 Å². The normalized spacial score (nSPS) is 17.6. The van der Waals surface area contributed by atoms with E-state index in [1.807, 2.05) is 48.7 Å². The topological polar surface area (TPSA) is 64.2 Å². The summed E-state index contributed by atoms with van der Waals surface area (Å²) in [5.74, 6) is 0.0686. The van der Waals surface area contributed by atoms with Crippen LogP contribution in [0.4, 0.5) is 4.39 Å². The highest BCUT2D eigenvalue weighted by molar-refractivity contribution is 6.03. The fourth-order valence-corrected chi connectivity index (χ4v) is 4.00. The Morgan fingerprint density at radius 1 is 0.759 bits per heavy atom. The van der Waals surface area contributed by atoms with Gasteiger partial charge in [-0.15, -0.1) is 0 Å². The highest BCUT2D eigenvalue weighted by Gasteiger charge is 2.43. The number of aliphatic imine (C=N–C) groups is 1. The molecular formula is C24H17FN4. The maximum atomic E-state index is 14.3. The standard InChI is InChI=1S/C24H17FN4/c25-20-6-7-21-22(14-20)24(29-23(21)26,18-8-11-27-12-9-18)19-5-1-3-16(13-19)17-4-2-10-28-15-17/h1-15H,(H2,26,29). The molecule has 3 heterocycles. The highest BCUT2D eigenvalue weighted by atomic mass is 19.1. The van der Waals surface area contributed by atoms with Crippen molar-refractivity contribution in [2.75, 3.05) is 0 Å². The number of hydrogen-bond donors (Lipinski definition) is 1. The van der Waals surface area contributed by atoms with Crippen LogP contribution in [0.1, 0.15) is 22.3 Å². The van der Waals surface area contributed by atoms with Crippen LogP contribution in [0.25, 0.3) is 11.1 Å². The molecule has 29 heavy (non-hydrogen) atoms. The van der Waals surface area contributed by atoms with Gasteiger partial charge in [-0.05, 0) is 64.7 Å². The molecule has 1 aliphatic rings. The maximum Gasteiger partial charge on any atom is 0.139 e. The molecule has 0 spiro atoms. The van der Waals surface area contributed by atoms with Gasteiger partial charge in [0.15, 0.2) is 0 Å². The van der Waals surface area contributed by atoms with E-state index >= 15 is 0 Å². The minimum absolute atomic E-state index is 0.324. The Morgan fingerprint density at radius 3 is 2.38 bits per heavy atom. The molecule has 2 N–H and O–H groups in total. The number of benzene rings is 2. The monoisotopic (exact) mass is 380 g/mol. The van der Waals surface area contributed by atoms with Crippen molar-refractivity contribution in [3.05, 3.63) is 120 Å². The quantitative estimate of drug-likeness (QED) is 0.577. The number of rotatable bonds is 3. The maximum absolute atomic E-state index is 14.3. The van der Waals surface area contributed by atoms with Gasteiger partial charge >= 0.3 is 0 Å². The van der Waals surface area contributed by atoms with Crippen molar-refractivity contribution in [3.63, 3.8) is 0 Å². The third-order valence-corrected chi connectivity index (χ3v) is 5.31. The van der Waals surface area contributed by atoms with Gasteiger partial charge in [-0.25, -0.2) is 9.38 Å². The zero-order valence-corrected chi connectivity index (χ0v) is 15.5. The lowest BCUT2D eigenvalue weighted by molar-refractivity contribution is 0.612. The van der Waals surface area contributed by atoms with Gasteiger partial charge in [0.05, 0.1) is 0 Å². The highest BCUT2D eigenvalue weighted by Crippen LogP contribution is 2.46. The molecule has 1 atom stereocenters. The molecule has 1 unspecified atom stereocenters. The lowest BCUT2D eigenvalue weighted by Gasteiger charge is -2.29. The Labute approximate surface area is 167 Å². The molecule has 140 valence electrons. The molecule has 0 amide bonds. The largest absolute Gasteiger partial charge is 0.383 e. The number of amidine groups is 1. The third kappa shape index (κ3) is 2.70. The van der Waals surface area contributed by atoms with Crippen molar-refractivity contribution >= 4 is 5.84 Å². The Hall–Kier alpha value is -3.86. The van der Waals surface area contributed by atoms with Gasteiger partial charge in [-0.3, -0.25) is 9.97 Å². The Bertz CT molecular complexity index is 1220. The molecule has 0 aliphatic carbocycles. The van der Waals surface area contributed by atoms with E-state index in [0.717, 1.165) is 33.4 Å². The number of pyridine rings is 2. The molecular weight excluding hydrogens is 363 g/mol. The molecule has 2 aromatic heterocycles. The lowest BCUT2D eigenvalue weighted by Crippen LogP contribution is -2.25. The van der Waals surface area contributed by atoms with Gasteiger partial charge in [-0.2, -0.15) is 0 Å².